The van der Waals surface area contributed by atoms with E-state index < -0.39 is 5.97 Å². The highest BCUT2D eigenvalue weighted by atomic mass is 32.1. The largest absolute Gasteiger partial charge is 0.462 e. The molecule has 0 saturated heterocycles. The topological polar surface area (TPSA) is 77.5 Å². The molecule has 0 bridgehead atoms. The number of pyridine rings is 1. The Bertz CT molecular complexity index is 909. The minimum absolute atomic E-state index is 0.273. The van der Waals surface area contributed by atoms with Gasteiger partial charge in [-0.25, -0.2) is 9.78 Å². The second-order valence-corrected chi connectivity index (χ2v) is 6.05. The van der Waals surface area contributed by atoms with E-state index in [4.69, 9.17) is 9.47 Å². The predicted octanol–water partition coefficient (Wildman–Crippen LogP) is 4.36. The molecule has 0 fully saturated rings. The first-order valence-electron chi connectivity index (χ1n) is 7.92. The number of ether oxygens (including phenoxy) is 2. The van der Waals surface area contributed by atoms with Crippen molar-refractivity contribution >= 4 is 28.2 Å². The van der Waals surface area contributed by atoms with Gasteiger partial charge in [-0.3, -0.25) is 4.79 Å². The molecule has 26 heavy (non-hydrogen) atoms. The van der Waals surface area contributed by atoms with Gasteiger partial charge in [-0.1, -0.05) is 12.1 Å². The summed E-state index contributed by atoms with van der Waals surface area (Å²) in [7, 11) is 0. The number of hydrogen-bond acceptors (Lipinski definition) is 6. The highest BCUT2D eigenvalue weighted by Gasteiger charge is 2.17. The maximum Gasteiger partial charge on any atom is 0.341 e. The van der Waals surface area contributed by atoms with Gasteiger partial charge in [0.15, 0.2) is 0 Å². The first-order chi connectivity index (χ1) is 12.7. The number of benzene rings is 1. The van der Waals surface area contributed by atoms with Gasteiger partial charge >= 0.3 is 5.97 Å². The molecule has 6 nitrogen and oxygen atoms in total. The van der Waals surface area contributed by atoms with Gasteiger partial charge in [-0.05, 0) is 42.6 Å². The fourth-order valence-electron chi connectivity index (χ4n) is 2.18. The first-order valence-corrected chi connectivity index (χ1v) is 8.80. The molecule has 0 radical (unpaired) electrons. The molecule has 0 aliphatic carbocycles. The van der Waals surface area contributed by atoms with Crippen molar-refractivity contribution in [3.05, 3.63) is 71.2 Å². The van der Waals surface area contributed by atoms with Crippen LogP contribution in [-0.4, -0.2) is 23.5 Å². The van der Waals surface area contributed by atoms with Gasteiger partial charge in [0.2, 0.25) is 5.88 Å². The van der Waals surface area contributed by atoms with Gasteiger partial charge in [0.05, 0.1) is 12.2 Å². The molecule has 3 rings (SSSR count). The van der Waals surface area contributed by atoms with Crippen LogP contribution >= 0.6 is 11.3 Å². The number of rotatable bonds is 6. The number of anilines is 1. The third kappa shape index (κ3) is 4.25. The Balaban J connectivity index is 1.74. The fraction of sp³-hybridized carbons (Fsp3) is 0.105. The van der Waals surface area contributed by atoms with Gasteiger partial charge in [0.25, 0.3) is 5.91 Å². The Labute approximate surface area is 154 Å². The third-order valence-corrected chi connectivity index (χ3v) is 4.17. The quantitative estimate of drug-likeness (QED) is 0.654. The lowest BCUT2D eigenvalue weighted by Gasteiger charge is -2.08. The number of aromatic nitrogens is 1. The molecule has 0 atom stereocenters. The van der Waals surface area contributed by atoms with Crippen LogP contribution in [0.2, 0.25) is 0 Å². The summed E-state index contributed by atoms with van der Waals surface area (Å²) < 4.78 is 10.6. The number of nitrogens with zero attached hydrogens (tertiary/aromatic N) is 1. The van der Waals surface area contributed by atoms with E-state index in [-0.39, 0.29) is 12.5 Å². The molecule has 2 heterocycles. The van der Waals surface area contributed by atoms with Crippen molar-refractivity contribution in [1.29, 1.82) is 0 Å². The number of hydrogen-bond donors (Lipinski definition) is 1. The van der Waals surface area contributed by atoms with Crippen LogP contribution in [0.15, 0.2) is 60.1 Å². The van der Waals surface area contributed by atoms with Crippen LogP contribution in [0.3, 0.4) is 0 Å². The summed E-state index contributed by atoms with van der Waals surface area (Å²) in [6.07, 6.45) is 1.62. The van der Waals surface area contributed by atoms with Crippen molar-refractivity contribution in [3.63, 3.8) is 0 Å². The maximum atomic E-state index is 12.5. The van der Waals surface area contributed by atoms with Gasteiger partial charge in [0, 0.05) is 17.8 Å². The van der Waals surface area contributed by atoms with Gasteiger partial charge in [0.1, 0.15) is 10.8 Å². The lowest BCUT2D eigenvalue weighted by atomic mass is 10.2. The molecule has 7 heteroatoms. The number of carbonyl (C=O) groups is 2. The van der Waals surface area contributed by atoms with E-state index in [1.807, 2.05) is 6.07 Å². The highest BCUT2D eigenvalue weighted by molar-refractivity contribution is 7.14. The van der Waals surface area contributed by atoms with Crippen LogP contribution in [0.4, 0.5) is 5.00 Å². The minimum Gasteiger partial charge on any atom is -0.462 e. The Morgan fingerprint density at radius 3 is 2.81 bits per heavy atom. The summed E-state index contributed by atoms with van der Waals surface area (Å²) in [5.74, 6) is 0.127. The van der Waals surface area contributed by atoms with E-state index in [1.165, 1.54) is 11.3 Å². The summed E-state index contributed by atoms with van der Waals surface area (Å²) in [5, 5.41) is 4.92. The number of esters is 1. The number of thiophene rings is 1. The summed E-state index contributed by atoms with van der Waals surface area (Å²) in [6.45, 7) is 2.00. The number of nitrogens with one attached hydrogen (secondary N) is 1. The molecular weight excluding hydrogens is 352 g/mol. The standard InChI is InChI=1S/C19H16N2O4S/c1-2-24-19(23)15-9-11-26-18(15)21-17(22)13-6-5-7-14(12-13)25-16-8-3-4-10-20-16/h3-12H,2H2,1H3,(H,21,22). The normalized spacial score (nSPS) is 10.2. The summed E-state index contributed by atoms with van der Waals surface area (Å²) in [4.78, 5) is 28.5. The van der Waals surface area contributed by atoms with Crippen molar-refractivity contribution in [3.8, 4) is 11.6 Å². The van der Waals surface area contributed by atoms with E-state index in [2.05, 4.69) is 10.3 Å². The molecule has 0 unspecified atom stereocenters. The minimum atomic E-state index is -0.462. The van der Waals surface area contributed by atoms with E-state index in [0.717, 1.165) is 0 Å². The Kier molecular flexibility index (Phi) is 5.60. The van der Waals surface area contributed by atoms with Crippen LogP contribution in [-0.2, 0) is 4.74 Å². The summed E-state index contributed by atoms with van der Waals surface area (Å²) >= 11 is 1.26. The first kappa shape index (κ1) is 17.6. The number of carbonyl (C=O) groups excluding carboxylic acids is 2. The molecule has 0 spiro atoms. The van der Waals surface area contributed by atoms with Crippen LogP contribution in [0.25, 0.3) is 0 Å². The average Bonchev–Trinajstić information content (AvgIpc) is 3.11. The molecule has 1 amide bonds. The Hall–Kier alpha value is -3.19. The van der Waals surface area contributed by atoms with Crippen LogP contribution < -0.4 is 10.1 Å². The van der Waals surface area contributed by atoms with E-state index in [0.29, 0.717) is 27.8 Å². The van der Waals surface area contributed by atoms with Crippen molar-refractivity contribution in [2.24, 2.45) is 0 Å². The SMILES string of the molecule is CCOC(=O)c1ccsc1NC(=O)c1cccc(Oc2ccccn2)c1. The fourth-order valence-corrected chi connectivity index (χ4v) is 2.95. The molecule has 1 N–H and O–H groups in total. The third-order valence-electron chi connectivity index (χ3n) is 3.34. The van der Waals surface area contributed by atoms with Crippen LogP contribution in [0.1, 0.15) is 27.6 Å². The van der Waals surface area contributed by atoms with Gasteiger partial charge in [-0.15, -0.1) is 11.3 Å². The van der Waals surface area contributed by atoms with Gasteiger partial charge in [-0.2, -0.15) is 0 Å². The van der Waals surface area contributed by atoms with Gasteiger partial charge < -0.3 is 14.8 Å². The van der Waals surface area contributed by atoms with E-state index in [1.54, 1.807) is 61.0 Å². The molecule has 3 aromatic rings. The molecule has 0 saturated carbocycles. The Morgan fingerprint density at radius 2 is 2.04 bits per heavy atom. The van der Waals surface area contributed by atoms with E-state index in [9.17, 15) is 9.59 Å². The van der Waals surface area contributed by atoms with Crippen molar-refractivity contribution in [2.75, 3.05) is 11.9 Å². The zero-order chi connectivity index (χ0) is 18.4. The molecule has 132 valence electrons. The molecular formula is C19H16N2O4S. The lowest BCUT2D eigenvalue weighted by molar-refractivity contribution is 0.0528. The second-order valence-electron chi connectivity index (χ2n) is 5.14. The molecule has 1 aromatic carbocycles. The molecule has 2 aromatic heterocycles. The molecule has 0 aliphatic rings. The second kappa shape index (κ2) is 8.26. The highest BCUT2D eigenvalue weighted by Crippen LogP contribution is 2.26. The Morgan fingerprint density at radius 1 is 1.15 bits per heavy atom. The lowest BCUT2D eigenvalue weighted by Crippen LogP contribution is -2.14. The summed E-state index contributed by atoms with van der Waals surface area (Å²) in [5.41, 5.74) is 0.743. The maximum absolute atomic E-state index is 12.5. The number of amides is 1. The van der Waals surface area contributed by atoms with Crippen LogP contribution in [0, 0.1) is 0 Å². The van der Waals surface area contributed by atoms with Crippen LogP contribution in [0.5, 0.6) is 11.6 Å². The van der Waals surface area contributed by atoms with E-state index >= 15 is 0 Å². The monoisotopic (exact) mass is 368 g/mol. The smallest absolute Gasteiger partial charge is 0.341 e. The zero-order valence-corrected chi connectivity index (χ0v) is 14.8. The van der Waals surface area contributed by atoms with Crippen molar-refractivity contribution < 1.29 is 19.1 Å². The average molecular weight is 368 g/mol. The van der Waals surface area contributed by atoms with Crippen molar-refractivity contribution in [1.82, 2.24) is 4.98 Å². The summed E-state index contributed by atoms with van der Waals surface area (Å²) in [6, 6.07) is 13.7. The predicted molar refractivity (Wildman–Crippen MR) is 99.0 cm³/mol. The zero-order valence-electron chi connectivity index (χ0n) is 14.0. The van der Waals surface area contributed by atoms with Crippen molar-refractivity contribution in [2.45, 2.75) is 6.92 Å². The molecule has 0 aliphatic heterocycles.